The Hall–Kier alpha value is -3.69. The van der Waals surface area contributed by atoms with Crippen molar-refractivity contribution in [3.05, 3.63) is 70.3 Å². The molecule has 0 amide bonds. The minimum atomic E-state index is -0.417. The van der Waals surface area contributed by atoms with Crippen molar-refractivity contribution < 1.29 is 9.13 Å². The first-order chi connectivity index (χ1) is 18.4. The van der Waals surface area contributed by atoms with E-state index < -0.39 is 5.82 Å². The van der Waals surface area contributed by atoms with Crippen LogP contribution >= 0.6 is 11.6 Å². The van der Waals surface area contributed by atoms with Gasteiger partial charge in [-0.3, -0.25) is 0 Å². The number of aromatic nitrogens is 2. The maximum Gasteiger partial charge on any atom is 0.227 e. The molecule has 1 aromatic heterocycles. The maximum absolute atomic E-state index is 13.7. The Balaban J connectivity index is 1.50. The van der Waals surface area contributed by atoms with Crippen molar-refractivity contribution in [1.82, 2.24) is 20.2 Å². The lowest BCUT2D eigenvalue weighted by Gasteiger charge is -2.34. The second-order valence-corrected chi connectivity index (χ2v) is 9.88. The van der Waals surface area contributed by atoms with Crippen LogP contribution < -0.4 is 20.3 Å². The number of fused-ring (bicyclic) bond motifs is 1. The van der Waals surface area contributed by atoms with E-state index in [-0.39, 0.29) is 5.02 Å². The first-order valence-electron chi connectivity index (χ1n) is 12.6. The van der Waals surface area contributed by atoms with Crippen LogP contribution in [0.15, 0.2) is 42.6 Å². The van der Waals surface area contributed by atoms with Crippen molar-refractivity contribution in [2.45, 2.75) is 12.8 Å². The molecule has 198 valence electrons. The molecule has 8 nitrogen and oxygen atoms in total. The number of hydrogen-bond donors (Lipinski definition) is 3. The van der Waals surface area contributed by atoms with Gasteiger partial charge < -0.3 is 30.6 Å². The van der Waals surface area contributed by atoms with Gasteiger partial charge in [0.2, 0.25) is 5.95 Å². The van der Waals surface area contributed by atoms with Crippen molar-refractivity contribution in [2.24, 2.45) is 0 Å². The molecule has 1 aliphatic heterocycles. The quantitative estimate of drug-likeness (QED) is 0.416. The number of piperazine rings is 1. The molecule has 1 aliphatic carbocycles. The number of aryl methyl sites for hydroxylation is 1. The normalized spacial score (nSPS) is 17.2. The zero-order valence-electron chi connectivity index (χ0n) is 21.7. The number of methoxy groups -OCH3 is 1. The number of anilines is 3. The highest BCUT2D eigenvalue weighted by molar-refractivity contribution is 6.35. The van der Waals surface area contributed by atoms with Crippen LogP contribution in [0.2, 0.25) is 5.02 Å². The summed E-state index contributed by atoms with van der Waals surface area (Å²) in [6.45, 7) is 3.97. The van der Waals surface area contributed by atoms with E-state index in [1.807, 2.05) is 12.1 Å². The molecule has 5 rings (SSSR count). The van der Waals surface area contributed by atoms with E-state index >= 15 is 0 Å². The fourth-order valence-corrected chi connectivity index (χ4v) is 5.18. The van der Waals surface area contributed by atoms with Crippen LogP contribution in [0.5, 0.6) is 5.75 Å². The lowest BCUT2D eigenvalue weighted by molar-refractivity contribution is 0.312. The summed E-state index contributed by atoms with van der Waals surface area (Å²) in [6.07, 6.45) is 3.00. The monoisotopic (exact) mass is 535 g/mol. The van der Waals surface area contributed by atoms with Gasteiger partial charge in [0.25, 0.3) is 0 Å². The third-order valence-electron chi connectivity index (χ3n) is 7.05. The van der Waals surface area contributed by atoms with Gasteiger partial charge in [-0.15, -0.1) is 0 Å². The topological polar surface area (TPSA) is 89.4 Å². The fraction of sp³-hybridized carbons (Fsp3) is 0.321. The van der Waals surface area contributed by atoms with Gasteiger partial charge in [-0.1, -0.05) is 11.6 Å². The summed E-state index contributed by atoms with van der Waals surface area (Å²) >= 11 is 6.40. The Morgan fingerprint density at radius 2 is 1.89 bits per heavy atom. The Morgan fingerprint density at radius 3 is 2.61 bits per heavy atom. The van der Waals surface area contributed by atoms with Crippen LogP contribution in [0, 0.1) is 11.2 Å². The third kappa shape index (κ3) is 5.16. The van der Waals surface area contributed by atoms with Crippen LogP contribution in [-0.2, 0) is 6.42 Å². The number of ether oxygens (including phenoxy) is 1. The molecular formula is C28H31ClFN7O. The summed E-state index contributed by atoms with van der Waals surface area (Å²) in [5.41, 5.74) is 5.74. The van der Waals surface area contributed by atoms with Crippen molar-refractivity contribution in [3.63, 3.8) is 0 Å². The zero-order valence-corrected chi connectivity index (χ0v) is 22.5. The van der Waals surface area contributed by atoms with E-state index in [2.05, 4.69) is 38.5 Å². The van der Waals surface area contributed by atoms with Crippen molar-refractivity contribution in [3.8, 4) is 5.75 Å². The molecular weight excluding hydrogens is 505 g/mol. The number of hydrogen-bond acceptors (Lipinski definition) is 8. The van der Waals surface area contributed by atoms with Crippen molar-refractivity contribution in [2.75, 3.05) is 57.6 Å². The van der Waals surface area contributed by atoms with E-state index in [1.54, 1.807) is 26.4 Å². The molecule has 2 heterocycles. The van der Waals surface area contributed by atoms with Crippen molar-refractivity contribution in [1.29, 1.82) is 5.41 Å². The first kappa shape index (κ1) is 25.9. The molecule has 0 radical (unpaired) electrons. The number of likely N-dealkylation sites (N-methyl/N-ethyl adjacent to an activating group) is 1. The van der Waals surface area contributed by atoms with Gasteiger partial charge in [-0.05, 0) is 55.8 Å². The highest BCUT2D eigenvalue weighted by Crippen LogP contribution is 2.36. The Kier molecular flexibility index (Phi) is 7.49. The fourth-order valence-electron chi connectivity index (χ4n) is 4.91. The first-order valence-corrected chi connectivity index (χ1v) is 13.0. The molecule has 10 heteroatoms. The van der Waals surface area contributed by atoms with Gasteiger partial charge in [0.05, 0.1) is 29.2 Å². The molecule has 2 aliphatic rings. The molecule has 0 saturated carbocycles. The number of nitrogens with zero attached hydrogens (tertiary/aromatic N) is 4. The molecule has 0 spiro atoms. The summed E-state index contributed by atoms with van der Waals surface area (Å²) in [6, 6.07) is 10.3. The maximum atomic E-state index is 13.7. The number of halogens is 2. The minimum absolute atomic E-state index is 0.263. The van der Waals surface area contributed by atoms with Crippen LogP contribution in [0.25, 0.3) is 11.3 Å². The van der Waals surface area contributed by atoms with Crippen molar-refractivity contribution >= 4 is 45.9 Å². The van der Waals surface area contributed by atoms with Gasteiger partial charge in [-0.25, -0.2) is 14.4 Å². The summed E-state index contributed by atoms with van der Waals surface area (Å²) in [5, 5.41) is 15.5. The Labute approximate surface area is 227 Å². The predicted molar refractivity (Wildman–Crippen MR) is 151 cm³/mol. The molecule has 1 saturated heterocycles. The smallest absolute Gasteiger partial charge is 0.227 e. The van der Waals surface area contributed by atoms with E-state index in [1.165, 1.54) is 12.1 Å². The summed E-state index contributed by atoms with van der Waals surface area (Å²) < 4.78 is 19.4. The second-order valence-electron chi connectivity index (χ2n) is 9.47. The molecule has 38 heavy (non-hydrogen) atoms. The van der Waals surface area contributed by atoms with Crippen LogP contribution in [0.4, 0.5) is 21.7 Å². The highest BCUT2D eigenvalue weighted by Gasteiger charge is 2.26. The van der Waals surface area contributed by atoms with Crippen LogP contribution in [0.1, 0.15) is 23.2 Å². The van der Waals surface area contributed by atoms with E-state index in [4.69, 9.17) is 26.7 Å². The van der Waals surface area contributed by atoms with Gasteiger partial charge in [0.1, 0.15) is 11.6 Å². The van der Waals surface area contributed by atoms with E-state index in [9.17, 15) is 4.39 Å². The molecule has 0 unspecified atom stereocenters. The molecule has 3 N–H and O–H groups in total. The van der Waals surface area contributed by atoms with E-state index in [0.717, 1.165) is 43.1 Å². The molecule has 3 aromatic rings. The molecule has 0 bridgehead atoms. The molecule has 2 aromatic carbocycles. The molecule has 0 atom stereocenters. The number of benzene rings is 2. The number of rotatable bonds is 6. The third-order valence-corrected chi connectivity index (χ3v) is 7.36. The standard InChI is InChI=1S/C28H31ClFN7O/c1-32-27(20-7-5-18(30)14-21(20)29)25-22(31)8-4-17-16-33-28(35-26(17)25)34-23-9-6-19(15-24(23)38-3)37-12-10-36(2)11-13-37/h5-7,9,14-16,31-32H,4,8,10-13H2,1-3H3,(H,33,34,35)/b27-25+,31-22?. The molecule has 1 fully saturated rings. The second kappa shape index (κ2) is 11.0. The summed E-state index contributed by atoms with van der Waals surface area (Å²) in [5.74, 6) is 0.669. The number of nitrogens with one attached hydrogen (secondary N) is 3. The van der Waals surface area contributed by atoms with Gasteiger partial charge in [-0.2, -0.15) is 0 Å². The highest BCUT2D eigenvalue weighted by atomic mass is 35.5. The summed E-state index contributed by atoms with van der Waals surface area (Å²) in [7, 11) is 5.55. The van der Waals surface area contributed by atoms with E-state index in [0.29, 0.717) is 52.8 Å². The lowest BCUT2D eigenvalue weighted by atomic mass is 9.87. The van der Waals surface area contributed by atoms with Crippen LogP contribution in [0.3, 0.4) is 0 Å². The average Bonchev–Trinajstić information content (AvgIpc) is 2.92. The number of allylic oxidation sites excluding steroid dienone is 1. The summed E-state index contributed by atoms with van der Waals surface area (Å²) in [4.78, 5) is 14.0. The average molecular weight is 536 g/mol. The predicted octanol–water partition coefficient (Wildman–Crippen LogP) is 4.83. The Bertz CT molecular complexity index is 1400. The Morgan fingerprint density at radius 1 is 1.11 bits per heavy atom. The largest absolute Gasteiger partial charge is 0.494 e. The van der Waals surface area contributed by atoms with Crippen LogP contribution in [-0.4, -0.2) is 68.0 Å². The van der Waals surface area contributed by atoms with Gasteiger partial charge in [0.15, 0.2) is 0 Å². The van der Waals surface area contributed by atoms with Gasteiger partial charge >= 0.3 is 0 Å². The lowest BCUT2D eigenvalue weighted by Crippen LogP contribution is -2.44. The zero-order chi connectivity index (χ0) is 26.8. The minimum Gasteiger partial charge on any atom is -0.494 e. The van der Waals surface area contributed by atoms with Gasteiger partial charge in [0, 0.05) is 68.0 Å². The SMILES string of the molecule is CN/C(=C1\C(=N)CCc2cnc(Nc3ccc(N4CCN(C)CC4)cc3OC)nc21)c1ccc(F)cc1Cl.